The average molecular weight is 292 g/mol. The van der Waals surface area contributed by atoms with Gasteiger partial charge >= 0.3 is 0 Å². The summed E-state index contributed by atoms with van der Waals surface area (Å²) in [6, 6.07) is 0. The summed E-state index contributed by atoms with van der Waals surface area (Å²) in [7, 11) is 0. The number of rotatable bonds is 1. The van der Waals surface area contributed by atoms with E-state index in [0.717, 1.165) is 25.9 Å². The van der Waals surface area contributed by atoms with Crippen LogP contribution in [0, 0.1) is 11.3 Å². The van der Waals surface area contributed by atoms with Crippen molar-refractivity contribution >= 4 is 11.8 Å². The number of hydrogen-bond acceptors (Lipinski definition) is 2. The molecule has 21 heavy (non-hydrogen) atoms. The Hall–Kier alpha value is -1.06. The van der Waals surface area contributed by atoms with Crippen LogP contribution in [0.2, 0.25) is 0 Å². The zero-order valence-corrected chi connectivity index (χ0v) is 13.0. The lowest BCUT2D eigenvalue weighted by atomic mass is 9.73. The SMILES string of the molecule is O=C1CC(C(=O)N2CCCC3(CCCCCC3)C2)CCN1. The van der Waals surface area contributed by atoms with Crippen LogP contribution in [0.1, 0.15) is 64.2 Å². The first-order valence-corrected chi connectivity index (χ1v) is 8.74. The molecule has 0 aromatic carbocycles. The maximum Gasteiger partial charge on any atom is 0.226 e. The molecule has 1 unspecified atom stereocenters. The van der Waals surface area contributed by atoms with Crippen LogP contribution >= 0.6 is 0 Å². The third-order valence-corrected chi connectivity index (χ3v) is 5.73. The van der Waals surface area contributed by atoms with E-state index in [2.05, 4.69) is 10.2 Å². The quantitative estimate of drug-likeness (QED) is 0.807. The van der Waals surface area contributed by atoms with E-state index in [4.69, 9.17) is 0 Å². The van der Waals surface area contributed by atoms with E-state index in [0.29, 0.717) is 18.4 Å². The summed E-state index contributed by atoms with van der Waals surface area (Å²) < 4.78 is 0. The first-order chi connectivity index (χ1) is 10.2. The van der Waals surface area contributed by atoms with Gasteiger partial charge in [-0.3, -0.25) is 9.59 Å². The molecule has 1 saturated carbocycles. The Kier molecular flexibility index (Phi) is 4.51. The summed E-state index contributed by atoms with van der Waals surface area (Å²) in [6.07, 6.45) is 11.6. The van der Waals surface area contributed by atoms with Gasteiger partial charge in [-0.25, -0.2) is 0 Å². The second kappa shape index (κ2) is 6.37. The minimum Gasteiger partial charge on any atom is -0.356 e. The van der Waals surface area contributed by atoms with Crippen molar-refractivity contribution in [2.75, 3.05) is 19.6 Å². The van der Waals surface area contributed by atoms with Gasteiger partial charge in [0.25, 0.3) is 0 Å². The van der Waals surface area contributed by atoms with Crippen LogP contribution < -0.4 is 5.32 Å². The van der Waals surface area contributed by atoms with Crippen molar-refractivity contribution < 1.29 is 9.59 Å². The summed E-state index contributed by atoms with van der Waals surface area (Å²) in [5.41, 5.74) is 0.390. The Bertz CT molecular complexity index is 400. The van der Waals surface area contributed by atoms with Crippen LogP contribution in [0.15, 0.2) is 0 Å². The van der Waals surface area contributed by atoms with Crippen molar-refractivity contribution in [3.05, 3.63) is 0 Å². The fourth-order valence-electron chi connectivity index (χ4n) is 4.54. The first-order valence-electron chi connectivity index (χ1n) is 8.74. The Morgan fingerprint density at radius 1 is 1.10 bits per heavy atom. The molecule has 2 amide bonds. The maximum atomic E-state index is 12.8. The first kappa shape index (κ1) is 14.9. The summed E-state index contributed by atoms with van der Waals surface area (Å²) >= 11 is 0. The molecular formula is C17H28N2O2. The van der Waals surface area contributed by atoms with Gasteiger partial charge in [-0.1, -0.05) is 25.7 Å². The molecule has 1 N–H and O–H groups in total. The topological polar surface area (TPSA) is 49.4 Å². The zero-order chi connectivity index (χ0) is 14.7. The number of likely N-dealkylation sites (tertiary alicyclic amines) is 1. The van der Waals surface area contributed by atoms with E-state index in [1.54, 1.807) is 0 Å². The van der Waals surface area contributed by atoms with E-state index in [-0.39, 0.29) is 17.7 Å². The molecule has 2 aliphatic heterocycles. The molecule has 2 saturated heterocycles. The standard InChI is InChI=1S/C17H28N2O2/c20-15-12-14(6-10-18-15)16(21)19-11-5-9-17(13-19)7-3-1-2-4-8-17/h14H,1-13H2,(H,18,20). The molecule has 0 aromatic rings. The second-order valence-corrected chi connectivity index (χ2v) is 7.32. The number of carbonyl (C=O) groups is 2. The Labute approximate surface area is 127 Å². The lowest BCUT2D eigenvalue weighted by Crippen LogP contribution is -2.50. The highest BCUT2D eigenvalue weighted by Crippen LogP contribution is 2.42. The van der Waals surface area contributed by atoms with Crippen LogP contribution in [-0.4, -0.2) is 36.3 Å². The minimum atomic E-state index is -0.0697. The van der Waals surface area contributed by atoms with Gasteiger partial charge in [0, 0.05) is 32.0 Å². The zero-order valence-electron chi connectivity index (χ0n) is 13.0. The molecule has 2 heterocycles. The van der Waals surface area contributed by atoms with Gasteiger partial charge in [-0.05, 0) is 37.5 Å². The highest BCUT2D eigenvalue weighted by atomic mass is 16.2. The van der Waals surface area contributed by atoms with E-state index < -0.39 is 0 Å². The molecule has 0 bridgehead atoms. The van der Waals surface area contributed by atoms with Crippen molar-refractivity contribution in [2.45, 2.75) is 64.2 Å². The van der Waals surface area contributed by atoms with Crippen LogP contribution in [0.3, 0.4) is 0 Å². The maximum absolute atomic E-state index is 12.8. The number of nitrogens with one attached hydrogen (secondary N) is 1. The van der Waals surface area contributed by atoms with Crippen LogP contribution in [0.5, 0.6) is 0 Å². The van der Waals surface area contributed by atoms with Gasteiger partial charge in [0.05, 0.1) is 0 Å². The molecule has 4 nitrogen and oxygen atoms in total. The van der Waals surface area contributed by atoms with Gasteiger partial charge in [0.2, 0.25) is 11.8 Å². The molecule has 4 heteroatoms. The molecule has 3 rings (SSSR count). The van der Waals surface area contributed by atoms with Gasteiger partial charge in [-0.15, -0.1) is 0 Å². The molecule has 1 atom stereocenters. The van der Waals surface area contributed by atoms with Crippen molar-refractivity contribution in [3.63, 3.8) is 0 Å². The van der Waals surface area contributed by atoms with E-state index in [1.165, 1.54) is 44.9 Å². The van der Waals surface area contributed by atoms with Crippen LogP contribution in [0.4, 0.5) is 0 Å². The monoisotopic (exact) mass is 292 g/mol. The van der Waals surface area contributed by atoms with Gasteiger partial charge < -0.3 is 10.2 Å². The molecule has 1 spiro atoms. The fourth-order valence-corrected chi connectivity index (χ4v) is 4.54. The number of amides is 2. The van der Waals surface area contributed by atoms with Crippen LogP contribution in [0.25, 0.3) is 0 Å². The number of piperidine rings is 2. The Morgan fingerprint density at radius 2 is 1.81 bits per heavy atom. The largest absolute Gasteiger partial charge is 0.356 e. The Balaban J connectivity index is 1.64. The van der Waals surface area contributed by atoms with Crippen molar-refractivity contribution in [3.8, 4) is 0 Å². The van der Waals surface area contributed by atoms with Crippen molar-refractivity contribution in [1.82, 2.24) is 10.2 Å². The number of carbonyl (C=O) groups excluding carboxylic acids is 2. The normalized spacial score (nSPS) is 29.8. The summed E-state index contributed by atoms with van der Waals surface area (Å²) in [4.78, 5) is 26.4. The third kappa shape index (κ3) is 3.41. The van der Waals surface area contributed by atoms with E-state index in [9.17, 15) is 9.59 Å². The third-order valence-electron chi connectivity index (χ3n) is 5.73. The summed E-state index contributed by atoms with van der Waals surface area (Å²) in [6.45, 7) is 2.51. The lowest BCUT2D eigenvalue weighted by molar-refractivity contribution is -0.143. The smallest absolute Gasteiger partial charge is 0.226 e. The van der Waals surface area contributed by atoms with Crippen molar-refractivity contribution in [1.29, 1.82) is 0 Å². The lowest BCUT2D eigenvalue weighted by Gasteiger charge is -2.44. The molecule has 3 aliphatic rings. The minimum absolute atomic E-state index is 0.0424. The molecule has 118 valence electrons. The number of hydrogen-bond donors (Lipinski definition) is 1. The molecular weight excluding hydrogens is 264 g/mol. The average Bonchev–Trinajstić information content (AvgIpc) is 2.72. The van der Waals surface area contributed by atoms with Crippen LogP contribution in [-0.2, 0) is 9.59 Å². The predicted octanol–water partition coefficient (Wildman–Crippen LogP) is 2.48. The highest BCUT2D eigenvalue weighted by Gasteiger charge is 2.39. The second-order valence-electron chi connectivity index (χ2n) is 7.32. The predicted molar refractivity (Wildman–Crippen MR) is 81.7 cm³/mol. The van der Waals surface area contributed by atoms with Gasteiger partial charge in [-0.2, -0.15) is 0 Å². The van der Waals surface area contributed by atoms with E-state index in [1.807, 2.05) is 0 Å². The number of nitrogens with zero attached hydrogens (tertiary/aromatic N) is 1. The fraction of sp³-hybridized carbons (Fsp3) is 0.882. The van der Waals surface area contributed by atoms with Gasteiger partial charge in [0.1, 0.15) is 0 Å². The highest BCUT2D eigenvalue weighted by molar-refractivity contribution is 5.87. The van der Waals surface area contributed by atoms with Crippen molar-refractivity contribution in [2.24, 2.45) is 11.3 Å². The summed E-state index contributed by atoms with van der Waals surface area (Å²) in [5, 5.41) is 2.83. The molecule has 1 aliphatic carbocycles. The molecule has 0 aromatic heterocycles. The van der Waals surface area contributed by atoms with Gasteiger partial charge in [0.15, 0.2) is 0 Å². The summed E-state index contributed by atoms with van der Waals surface area (Å²) in [5.74, 6) is 0.216. The molecule has 3 fully saturated rings. The Morgan fingerprint density at radius 3 is 2.52 bits per heavy atom. The van der Waals surface area contributed by atoms with E-state index >= 15 is 0 Å². The molecule has 0 radical (unpaired) electrons.